The van der Waals surface area contributed by atoms with Crippen molar-refractivity contribution < 1.29 is 4.79 Å². The summed E-state index contributed by atoms with van der Waals surface area (Å²) in [6, 6.07) is 7.63. The van der Waals surface area contributed by atoms with Crippen LogP contribution >= 0.6 is 11.6 Å². The molecule has 0 fully saturated rings. The first-order valence-corrected chi connectivity index (χ1v) is 6.75. The average molecular weight is 264 g/mol. The number of halogens is 1. The molecule has 0 aromatic heterocycles. The van der Waals surface area contributed by atoms with Crippen LogP contribution in [-0.4, -0.2) is 5.91 Å². The van der Waals surface area contributed by atoms with Crippen molar-refractivity contribution in [2.45, 2.75) is 32.2 Å². The standard InChI is InChI=1S/C15H18ClNO/c1-11(13-8-5-9-14(16)10-13)17-15(18)12-6-3-2-4-7-12/h2-3,5,8-12H,4,6-7H2,1H3,(H,17,18). The summed E-state index contributed by atoms with van der Waals surface area (Å²) in [7, 11) is 0. The van der Waals surface area contributed by atoms with Crippen molar-refractivity contribution in [2.75, 3.05) is 0 Å². The van der Waals surface area contributed by atoms with E-state index in [0.29, 0.717) is 5.02 Å². The maximum atomic E-state index is 12.1. The minimum atomic E-state index is 0.00195. The predicted octanol–water partition coefficient (Wildman–Crippen LogP) is 3.87. The van der Waals surface area contributed by atoms with Crippen LogP contribution in [0.2, 0.25) is 5.02 Å². The second-order valence-electron chi connectivity index (χ2n) is 4.77. The molecular formula is C15H18ClNO. The molecule has 1 aromatic carbocycles. The Labute approximate surface area is 113 Å². The monoisotopic (exact) mass is 263 g/mol. The molecule has 3 heteroatoms. The number of hydrogen-bond donors (Lipinski definition) is 1. The Morgan fingerprint density at radius 2 is 2.28 bits per heavy atom. The Morgan fingerprint density at radius 1 is 1.44 bits per heavy atom. The summed E-state index contributed by atoms with van der Waals surface area (Å²) < 4.78 is 0. The van der Waals surface area contributed by atoms with E-state index >= 15 is 0 Å². The molecule has 1 amide bonds. The third-order valence-corrected chi connectivity index (χ3v) is 3.58. The van der Waals surface area contributed by atoms with Gasteiger partial charge in [0.1, 0.15) is 0 Å². The van der Waals surface area contributed by atoms with E-state index in [1.807, 2.05) is 31.2 Å². The van der Waals surface area contributed by atoms with Gasteiger partial charge < -0.3 is 5.32 Å². The molecular weight excluding hydrogens is 246 g/mol. The predicted molar refractivity (Wildman–Crippen MR) is 74.5 cm³/mol. The van der Waals surface area contributed by atoms with Gasteiger partial charge in [-0.05, 0) is 43.9 Å². The van der Waals surface area contributed by atoms with Gasteiger partial charge in [0.15, 0.2) is 0 Å². The zero-order valence-corrected chi connectivity index (χ0v) is 11.3. The molecule has 2 rings (SSSR count). The second-order valence-corrected chi connectivity index (χ2v) is 5.20. The molecule has 0 spiro atoms. The molecule has 0 bridgehead atoms. The van der Waals surface area contributed by atoms with E-state index in [1.165, 1.54) is 0 Å². The fraction of sp³-hybridized carbons (Fsp3) is 0.400. The summed E-state index contributed by atoms with van der Waals surface area (Å²) in [6.07, 6.45) is 7.05. The van der Waals surface area contributed by atoms with Crippen LogP contribution in [0.15, 0.2) is 36.4 Å². The molecule has 0 saturated heterocycles. The lowest BCUT2D eigenvalue weighted by molar-refractivity contribution is -0.125. The third kappa shape index (κ3) is 3.36. The summed E-state index contributed by atoms with van der Waals surface area (Å²) in [5.74, 6) is 0.267. The van der Waals surface area contributed by atoms with E-state index < -0.39 is 0 Å². The Hall–Kier alpha value is -1.28. The number of hydrogen-bond acceptors (Lipinski definition) is 1. The fourth-order valence-corrected chi connectivity index (χ4v) is 2.42. The van der Waals surface area contributed by atoms with Crippen LogP contribution in [0.1, 0.15) is 37.8 Å². The Morgan fingerprint density at radius 3 is 2.94 bits per heavy atom. The van der Waals surface area contributed by atoms with Gasteiger partial charge in [0, 0.05) is 10.9 Å². The highest BCUT2D eigenvalue weighted by Crippen LogP contribution is 2.21. The number of carbonyl (C=O) groups excluding carboxylic acids is 1. The lowest BCUT2D eigenvalue weighted by Gasteiger charge is -2.21. The highest BCUT2D eigenvalue weighted by Gasteiger charge is 2.20. The Kier molecular flexibility index (Phi) is 4.43. The van der Waals surface area contributed by atoms with Crippen LogP contribution in [0, 0.1) is 5.92 Å². The van der Waals surface area contributed by atoms with Gasteiger partial charge in [0.05, 0.1) is 6.04 Å². The van der Waals surface area contributed by atoms with E-state index in [0.717, 1.165) is 24.8 Å². The number of allylic oxidation sites excluding steroid dienone is 2. The van der Waals surface area contributed by atoms with E-state index in [-0.39, 0.29) is 17.9 Å². The molecule has 2 nitrogen and oxygen atoms in total. The largest absolute Gasteiger partial charge is 0.349 e. The van der Waals surface area contributed by atoms with Gasteiger partial charge in [-0.1, -0.05) is 35.9 Å². The van der Waals surface area contributed by atoms with Crippen LogP contribution in [0.3, 0.4) is 0 Å². The minimum absolute atomic E-state index is 0.00195. The summed E-state index contributed by atoms with van der Waals surface area (Å²) in [5, 5.41) is 3.76. The molecule has 1 aliphatic rings. The average Bonchev–Trinajstić information content (AvgIpc) is 2.39. The lowest BCUT2D eigenvalue weighted by Crippen LogP contribution is -2.33. The van der Waals surface area contributed by atoms with Gasteiger partial charge in [-0.15, -0.1) is 0 Å². The molecule has 18 heavy (non-hydrogen) atoms. The Balaban J connectivity index is 1.96. The first-order chi connectivity index (χ1) is 8.66. The van der Waals surface area contributed by atoms with E-state index in [9.17, 15) is 4.79 Å². The highest BCUT2D eigenvalue weighted by molar-refractivity contribution is 6.30. The molecule has 1 N–H and O–H groups in total. The van der Waals surface area contributed by atoms with Gasteiger partial charge in [-0.25, -0.2) is 0 Å². The second kappa shape index (κ2) is 6.05. The van der Waals surface area contributed by atoms with Gasteiger partial charge in [0.25, 0.3) is 0 Å². The molecule has 1 aromatic rings. The topological polar surface area (TPSA) is 29.1 Å². The molecule has 96 valence electrons. The number of carbonyl (C=O) groups is 1. The molecule has 0 saturated carbocycles. The summed E-state index contributed by atoms with van der Waals surface area (Å²) >= 11 is 5.95. The van der Waals surface area contributed by atoms with Crippen molar-refractivity contribution in [1.82, 2.24) is 5.32 Å². The molecule has 1 aliphatic carbocycles. The van der Waals surface area contributed by atoms with Gasteiger partial charge in [-0.3, -0.25) is 4.79 Å². The van der Waals surface area contributed by atoms with E-state index in [1.54, 1.807) is 0 Å². The molecule has 2 unspecified atom stereocenters. The number of rotatable bonds is 3. The maximum Gasteiger partial charge on any atom is 0.223 e. The molecule has 0 aliphatic heterocycles. The van der Waals surface area contributed by atoms with E-state index in [2.05, 4.69) is 17.5 Å². The third-order valence-electron chi connectivity index (χ3n) is 3.35. The summed E-state index contributed by atoms with van der Waals surface area (Å²) in [4.78, 5) is 12.1. The molecule has 0 radical (unpaired) electrons. The number of benzene rings is 1. The van der Waals surface area contributed by atoms with Crippen molar-refractivity contribution in [1.29, 1.82) is 0 Å². The first kappa shape index (κ1) is 13.2. The minimum Gasteiger partial charge on any atom is -0.349 e. The van der Waals surface area contributed by atoms with Crippen LogP contribution in [0.5, 0.6) is 0 Å². The van der Waals surface area contributed by atoms with Crippen LogP contribution in [0.4, 0.5) is 0 Å². The SMILES string of the molecule is CC(NC(=O)C1CC=CCC1)c1cccc(Cl)c1. The highest BCUT2D eigenvalue weighted by atomic mass is 35.5. The van der Waals surface area contributed by atoms with Crippen molar-refractivity contribution in [3.05, 3.63) is 47.0 Å². The molecule has 0 heterocycles. The zero-order chi connectivity index (χ0) is 13.0. The van der Waals surface area contributed by atoms with Gasteiger partial charge >= 0.3 is 0 Å². The zero-order valence-electron chi connectivity index (χ0n) is 10.5. The number of nitrogens with one attached hydrogen (secondary N) is 1. The summed E-state index contributed by atoms with van der Waals surface area (Å²) in [5.41, 5.74) is 1.04. The summed E-state index contributed by atoms with van der Waals surface area (Å²) in [6.45, 7) is 1.99. The van der Waals surface area contributed by atoms with Crippen LogP contribution in [0.25, 0.3) is 0 Å². The lowest BCUT2D eigenvalue weighted by atomic mass is 9.93. The first-order valence-electron chi connectivity index (χ1n) is 6.37. The van der Waals surface area contributed by atoms with E-state index in [4.69, 9.17) is 11.6 Å². The normalized spacial score (nSPS) is 20.4. The number of amides is 1. The van der Waals surface area contributed by atoms with Crippen LogP contribution in [-0.2, 0) is 4.79 Å². The Bertz CT molecular complexity index is 456. The maximum absolute atomic E-state index is 12.1. The van der Waals surface area contributed by atoms with Crippen molar-refractivity contribution in [3.8, 4) is 0 Å². The van der Waals surface area contributed by atoms with Crippen molar-refractivity contribution in [3.63, 3.8) is 0 Å². The van der Waals surface area contributed by atoms with Crippen molar-refractivity contribution in [2.24, 2.45) is 5.92 Å². The smallest absolute Gasteiger partial charge is 0.223 e. The molecule has 2 atom stereocenters. The van der Waals surface area contributed by atoms with Gasteiger partial charge in [0.2, 0.25) is 5.91 Å². The quantitative estimate of drug-likeness (QED) is 0.824. The fourth-order valence-electron chi connectivity index (χ4n) is 2.22. The van der Waals surface area contributed by atoms with Gasteiger partial charge in [-0.2, -0.15) is 0 Å². The van der Waals surface area contributed by atoms with Crippen molar-refractivity contribution >= 4 is 17.5 Å². The van der Waals surface area contributed by atoms with Crippen LogP contribution < -0.4 is 5.32 Å².